The second-order valence-corrected chi connectivity index (χ2v) is 5.35. The molecule has 1 aliphatic carbocycles. The number of rotatable bonds is 1. The lowest BCUT2D eigenvalue weighted by Crippen LogP contribution is -2.51. The number of carbonyl (C=O) groups is 2. The second kappa shape index (κ2) is 6.85. The first-order valence-corrected chi connectivity index (χ1v) is 7.78. The number of fused-ring (bicyclic) bond motifs is 1. The van der Waals surface area contributed by atoms with Gasteiger partial charge in [0.25, 0.3) is 5.91 Å². The normalized spacial score (nSPS) is 27.7. The summed E-state index contributed by atoms with van der Waals surface area (Å²) in [5, 5.41) is 9.93. The SMILES string of the molecule is CC.O=C1CC[C@H]2[C@H](O)CC[C@H]2N1C(=O)c1ccccc1. The Morgan fingerprint density at radius 2 is 1.81 bits per heavy atom. The number of piperidine rings is 1. The van der Waals surface area contributed by atoms with Gasteiger partial charge in [0.2, 0.25) is 5.91 Å². The maximum absolute atomic E-state index is 12.5. The average Bonchev–Trinajstić information content (AvgIpc) is 2.91. The highest BCUT2D eigenvalue weighted by molar-refractivity contribution is 6.05. The average molecular weight is 289 g/mol. The van der Waals surface area contributed by atoms with Gasteiger partial charge in [-0.2, -0.15) is 0 Å². The van der Waals surface area contributed by atoms with Crippen LogP contribution in [0.25, 0.3) is 0 Å². The van der Waals surface area contributed by atoms with Gasteiger partial charge in [0.15, 0.2) is 0 Å². The molecule has 0 unspecified atom stereocenters. The Labute approximate surface area is 125 Å². The van der Waals surface area contributed by atoms with Crippen LogP contribution in [0.2, 0.25) is 0 Å². The van der Waals surface area contributed by atoms with Crippen molar-refractivity contribution in [1.29, 1.82) is 0 Å². The van der Waals surface area contributed by atoms with E-state index in [2.05, 4.69) is 0 Å². The van der Waals surface area contributed by atoms with Crippen LogP contribution in [-0.4, -0.2) is 34.0 Å². The summed E-state index contributed by atoms with van der Waals surface area (Å²) in [4.78, 5) is 26.0. The molecule has 2 aliphatic rings. The molecule has 3 rings (SSSR count). The molecule has 3 atom stereocenters. The predicted octanol–water partition coefficient (Wildman–Crippen LogP) is 2.61. The van der Waals surface area contributed by atoms with E-state index >= 15 is 0 Å². The molecule has 0 bridgehead atoms. The summed E-state index contributed by atoms with van der Waals surface area (Å²) < 4.78 is 0. The fourth-order valence-electron chi connectivity index (χ4n) is 3.31. The van der Waals surface area contributed by atoms with Crippen molar-refractivity contribution in [2.45, 2.75) is 51.7 Å². The third kappa shape index (κ3) is 3.00. The Kier molecular flexibility index (Phi) is 5.12. The Morgan fingerprint density at radius 3 is 2.48 bits per heavy atom. The van der Waals surface area contributed by atoms with E-state index in [1.807, 2.05) is 19.9 Å². The van der Waals surface area contributed by atoms with E-state index in [4.69, 9.17) is 0 Å². The van der Waals surface area contributed by atoms with Crippen molar-refractivity contribution in [2.24, 2.45) is 5.92 Å². The van der Waals surface area contributed by atoms with E-state index in [-0.39, 0.29) is 29.9 Å². The van der Waals surface area contributed by atoms with Crippen LogP contribution in [0.4, 0.5) is 0 Å². The largest absolute Gasteiger partial charge is 0.393 e. The lowest BCUT2D eigenvalue weighted by molar-refractivity contribution is -0.135. The number of benzene rings is 1. The summed E-state index contributed by atoms with van der Waals surface area (Å²) in [6.07, 6.45) is 2.08. The summed E-state index contributed by atoms with van der Waals surface area (Å²) >= 11 is 0. The minimum atomic E-state index is -0.371. The first kappa shape index (κ1) is 15.7. The first-order chi connectivity index (χ1) is 10.2. The van der Waals surface area contributed by atoms with E-state index in [0.29, 0.717) is 24.8 Å². The Morgan fingerprint density at radius 1 is 1.14 bits per heavy atom. The van der Waals surface area contributed by atoms with Crippen LogP contribution in [0.3, 0.4) is 0 Å². The van der Waals surface area contributed by atoms with Gasteiger partial charge in [0, 0.05) is 23.9 Å². The molecule has 4 nitrogen and oxygen atoms in total. The molecule has 2 amide bonds. The van der Waals surface area contributed by atoms with Gasteiger partial charge in [-0.25, -0.2) is 0 Å². The van der Waals surface area contributed by atoms with E-state index in [1.54, 1.807) is 24.3 Å². The highest BCUT2D eigenvalue weighted by Crippen LogP contribution is 2.38. The molecule has 1 aliphatic heterocycles. The number of likely N-dealkylation sites (tertiary alicyclic amines) is 1. The van der Waals surface area contributed by atoms with Crippen LogP contribution in [0.5, 0.6) is 0 Å². The zero-order valence-electron chi connectivity index (χ0n) is 12.7. The quantitative estimate of drug-likeness (QED) is 0.809. The molecule has 1 saturated carbocycles. The van der Waals surface area contributed by atoms with E-state index in [0.717, 1.165) is 6.42 Å². The van der Waals surface area contributed by atoms with Crippen LogP contribution >= 0.6 is 0 Å². The van der Waals surface area contributed by atoms with Gasteiger partial charge < -0.3 is 5.11 Å². The third-order valence-corrected chi connectivity index (χ3v) is 4.28. The topological polar surface area (TPSA) is 57.6 Å². The monoisotopic (exact) mass is 289 g/mol. The highest BCUT2D eigenvalue weighted by atomic mass is 16.3. The van der Waals surface area contributed by atoms with Gasteiger partial charge in [0.1, 0.15) is 0 Å². The maximum atomic E-state index is 12.5. The molecule has 114 valence electrons. The van der Waals surface area contributed by atoms with Gasteiger partial charge in [-0.05, 0) is 31.4 Å². The van der Waals surface area contributed by atoms with Crippen molar-refractivity contribution >= 4 is 11.8 Å². The van der Waals surface area contributed by atoms with Gasteiger partial charge in [-0.3, -0.25) is 14.5 Å². The van der Waals surface area contributed by atoms with Crippen LogP contribution in [0.15, 0.2) is 30.3 Å². The Hall–Kier alpha value is -1.68. The molecule has 2 fully saturated rings. The number of imide groups is 1. The maximum Gasteiger partial charge on any atom is 0.260 e. The summed E-state index contributed by atoms with van der Waals surface area (Å²) in [5.74, 6) is -0.274. The molecule has 1 saturated heterocycles. The third-order valence-electron chi connectivity index (χ3n) is 4.28. The first-order valence-electron chi connectivity index (χ1n) is 7.78. The van der Waals surface area contributed by atoms with Crippen molar-refractivity contribution in [3.8, 4) is 0 Å². The molecule has 21 heavy (non-hydrogen) atoms. The van der Waals surface area contributed by atoms with Gasteiger partial charge in [-0.15, -0.1) is 0 Å². The highest BCUT2D eigenvalue weighted by Gasteiger charge is 2.46. The Balaban J connectivity index is 0.000000774. The standard InChI is InChI=1S/C15H17NO3.C2H6/c17-13-8-7-12-11(13)6-9-14(18)16(12)15(19)10-4-2-1-3-5-10;1-2/h1-5,11-13,17H,6-9H2;1-2H3/t11-,12-,13-;/m1./s1. The molecule has 0 radical (unpaired) electrons. The number of nitrogens with zero attached hydrogens (tertiary/aromatic N) is 1. The summed E-state index contributed by atoms with van der Waals surface area (Å²) in [5.41, 5.74) is 0.540. The molecule has 0 aromatic heterocycles. The number of hydrogen-bond acceptors (Lipinski definition) is 3. The molecule has 1 aromatic carbocycles. The zero-order valence-corrected chi connectivity index (χ0v) is 12.7. The second-order valence-electron chi connectivity index (χ2n) is 5.35. The zero-order chi connectivity index (χ0) is 15.4. The number of hydrogen-bond donors (Lipinski definition) is 1. The van der Waals surface area contributed by atoms with Crippen LogP contribution in [0.1, 0.15) is 49.9 Å². The summed E-state index contributed by atoms with van der Waals surface area (Å²) in [6, 6.07) is 8.76. The van der Waals surface area contributed by atoms with E-state index in [9.17, 15) is 14.7 Å². The van der Waals surface area contributed by atoms with Crippen molar-refractivity contribution in [2.75, 3.05) is 0 Å². The van der Waals surface area contributed by atoms with Crippen molar-refractivity contribution in [3.63, 3.8) is 0 Å². The molecular weight excluding hydrogens is 266 g/mol. The van der Waals surface area contributed by atoms with Gasteiger partial charge in [-0.1, -0.05) is 32.0 Å². The number of carbonyl (C=O) groups excluding carboxylic acids is 2. The minimum absolute atomic E-state index is 0.0605. The predicted molar refractivity (Wildman–Crippen MR) is 80.7 cm³/mol. The summed E-state index contributed by atoms with van der Waals surface area (Å²) in [7, 11) is 0. The van der Waals surface area contributed by atoms with E-state index in [1.165, 1.54) is 4.90 Å². The van der Waals surface area contributed by atoms with Gasteiger partial charge >= 0.3 is 0 Å². The van der Waals surface area contributed by atoms with Crippen LogP contribution in [-0.2, 0) is 4.79 Å². The lowest BCUT2D eigenvalue weighted by Gasteiger charge is -2.36. The van der Waals surface area contributed by atoms with Crippen molar-refractivity contribution < 1.29 is 14.7 Å². The number of aliphatic hydroxyl groups is 1. The minimum Gasteiger partial charge on any atom is -0.393 e. The van der Waals surface area contributed by atoms with Crippen molar-refractivity contribution in [3.05, 3.63) is 35.9 Å². The molecule has 4 heteroatoms. The molecule has 1 aromatic rings. The summed E-state index contributed by atoms with van der Waals surface area (Å²) in [6.45, 7) is 4.00. The fraction of sp³-hybridized carbons (Fsp3) is 0.529. The fourth-order valence-corrected chi connectivity index (χ4v) is 3.31. The number of aliphatic hydroxyl groups excluding tert-OH is 1. The smallest absolute Gasteiger partial charge is 0.260 e. The molecular formula is C17H23NO3. The lowest BCUT2D eigenvalue weighted by atomic mass is 9.89. The van der Waals surface area contributed by atoms with E-state index < -0.39 is 0 Å². The van der Waals surface area contributed by atoms with Crippen molar-refractivity contribution in [1.82, 2.24) is 4.90 Å². The van der Waals surface area contributed by atoms with Crippen LogP contribution < -0.4 is 0 Å². The van der Waals surface area contributed by atoms with Crippen LogP contribution in [0, 0.1) is 5.92 Å². The number of amides is 2. The molecule has 0 spiro atoms. The molecule has 1 N–H and O–H groups in total. The molecule has 1 heterocycles. The Bertz CT molecular complexity index is 500. The van der Waals surface area contributed by atoms with Gasteiger partial charge in [0.05, 0.1) is 6.10 Å².